The summed E-state index contributed by atoms with van der Waals surface area (Å²) in [6.07, 6.45) is 2.28. The van der Waals surface area contributed by atoms with E-state index in [-0.39, 0.29) is 12.1 Å². The average Bonchev–Trinajstić information content (AvgIpc) is 2.28. The van der Waals surface area contributed by atoms with Crippen LogP contribution in [-0.2, 0) is 13.2 Å². The Kier molecular flexibility index (Phi) is 3.82. The van der Waals surface area contributed by atoms with Gasteiger partial charge in [0, 0.05) is 25.2 Å². The van der Waals surface area contributed by atoms with Gasteiger partial charge in [0.25, 0.3) is 0 Å². The quantitative estimate of drug-likeness (QED) is 0.811. The fourth-order valence-corrected chi connectivity index (χ4v) is 2.62. The van der Waals surface area contributed by atoms with Crippen LogP contribution in [0.3, 0.4) is 0 Å². The number of benzene rings is 1. The summed E-state index contributed by atoms with van der Waals surface area (Å²) in [5, 5.41) is 8.97. The zero-order valence-corrected chi connectivity index (χ0v) is 10.5. The van der Waals surface area contributed by atoms with Crippen LogP contribution < -0.4 is 5.73 Å². The van der Waals surface area contributed by atoms with Crippen molar-refractivity contribution < 1.29 is 5.11 Å². The second-order valence-electron chi connectivity index (χ2n) is 5.23. The standard InChI is InChI=1S/C14H22N2O/c1-2-7-14(15)10-16(11-14)8-12-3-5-13(9-17)6-4-12/h3-6,17H,2,7-11,15H2,1H3. The van der Waals surface area contributed by atoms with Crippen molar-refractivity contribution in [1.82, 2.24) is 4.90 Å². The van der Waals surface area contributed by atoms with Crippen LogP contribution in [-0.4, -0.2) is 28.6 Å². The van der Waals surface area contributed by atoms with Crippen molar-refractivity contribution in [3.63, 3.8) is 0 Å². The third-order valence-electron chi connectivity index (χ3n) is 3.44. The van der Waals surface area contributed by atoms with E-state index in [4.69, 9.17) is 10.8 Å². The molecule has 17 heavy (non-hydrogen) atoms. The van der Waals surface area contributed by atoms with E-state index in [1.165, 1.54) is 5.56 Å². The summed E-state index contributed by atoms with van der Waals surface area (Å²) in [5.41, 5.74) is 8.55. The minimum Gasteiger partial charge on any atom is -0.392 e. The summed E-state index contributed by atoms with van der Waals surface area (Å²) < 4.78 is 0. The summed E-state index contributed by atoms with van der Waals surface area (Å²) in [6.45, 7) is 5.27. The average molecular weight is 234 g/mol. The predicted octanol–water partition coefficient (Wildman–Crippen LogP) is 1.49. The first-order chi connectivity index (χ1) is 8.15. The van der Waals surface area contributed by atoms with Gasteiger partial charge in [0.2, 0.25) is 0 Å². The SMILES string of the molecule is CCCC1(N)CN(Cc2ccc(CO)cc2)C1. The topological polar surface area (TPSA) is 49.5 Å². The third-order valence-corrected chi connectivity index (χ3v) is 3.44. The molecule has 0 amide bonds. The highest BCUT2D eigenvalue weighted by atomic mass is 16.3. The van der Waals surface area contributed by atoms with Gasteiger partial charge in [-0.2, -0.15) is 0 Å². The Morgan fingerprint density at radius 3 is 2.35 bits per heavy atom. The Bertz CT molecular complexity index is 355. The van der Waals surface area contributed by atoms with Crippen molar-refractivity contribution in [1.29, 1.82) is 0 Å². The molecular formula is C14H22N2O. The van der Waals surface area contributed by atoms with Gasteiger partial charge < -0.3 is 10.8 Å². The smallest absolute Gasteiger partial charge is 0.0681 e. The van der Waals surface area contributed by atoms with Gasteiger partial charge >= 0.3 is 0 Å². The summed E-state index contributed by atoms with van der Waals surface area (Å²) in [5.74, 6) is 0. The largest absolute Gasteiger partial charge is 0.392 e. The minimum absolute atomic E-state index is 0.0553. The molecule has 0 aliphatic carbocycles. The number of aliphatic hydroxyl groups excluding tert-OH is 1. The zero-order chi connectivity index (χ0) is 12.3. The molecule has 0 bridgehead atoms. The molecule has 1 saturated heterocycles. The lowest BCUT2D eigenvalue weighted by Gasteiger charge is -2.48. The molecule has 3 nitrogen and oxygen atoms in total. The fourth-order valence-electron chi connectivity index (χ4n) is 2.62. The molecule has 0 radical (unpaired) electrons. The Morgan fingerprint density at radius 1 is 1.24 bits per heavy atom. The monoisotopic (exact) mass is 234 g/mol. The number of likely N-dealkylation sites (tertiary alicyclic amines) is 1. The second-order valence-corrected chi connectivity index (χ2v) is 5.23. The molecule has 3 N–H and O–H groups in total. The van der Waals surface area contributed by atoms with Crippen LogP contribution >= 0.6 is 0 Å². The number of nitrogens with zero attached hydrogens (tertiary/aromatic N) is 1. The van der Waals surface area contributed by atoms with E-state index in [1.807, 2.05) is 12.1 Å². The Labute approximate surface area is 103 Å². The van der Waals surface area contributed by atoms with Crippen LogP contribution in [0.4, 0.5) is 0 Å². The molecule has 3 heteroatoms. The molecule has 1 aromatic carbocycles. The molecule has 2 rings (SSSR count). The van der Waals surface area contributed by atoms with Crippen LogP contribution in [0.2, 0.25) is 0 Å². The summed E-state index contributed by atoms with van der Waals surface area (Å²) in [6, 6.07) is 8.14. The molecule has 1 fully saturated rings. The van der Waals surface area contributed by atoms with Crippen LogP contribution in [0.1, 0.15) is 30.9 Å². The number of rotatable bonds is 5. The van der Waals surface area contributed by atoms with Gasteiger partial charge in [0.05, 0.1) is 6.61 Å². The molecule has 0 spiro atoms. The Hall–Kier alpha value is -0.900. The van der Waals surface area contributed by atoms with E-state index in [9.17, 15) is 0 Å². The van der Waals surface area contributed by atoms with E-state index in [0.29, 0.717) is 0 Å². The number of aliphatic hydroxyl groups is 1. The Balaban J connectivity index is 1.83. The van der Waals surface area contributed by atoms with E-state index in [0.717, 1.165) is 38.0 Å². The summed E-state index contributed by atoms with van der Waals surface area (Å²) in [7, 11) is 0. The molecular weight excluding hydrogens is 212 g/mol. The molecule has 1 aliphatic heterocycles. The zero-order valence-electron chi connectivity index (χ0n) is 10.5. The van der Waals surface area contributed by atoms with Gasteiger partial charge in [-0.3, -0.25) is 4.90 Å². The maximum Gasteiger partial charge on any atom is 0.0681 e. The van der Waals surface area contributed by atoms with Crippen LogP contribution in [0.5, 0.6) is 0 Å². The maximum atomic E-state index is 8.97. The highest BCUT2D eigenvalue weighted by Crippen LogP contribution is 2.24. The minimum atomic E-state index is 0.0553. The fraction of sp³-hybridized carbons (Fsp3) is 0.571. The lowest BCUT2D eigenvalue weighted by atomic mass is 9.86. The van der Waals surface area contributed by atoms with Crippen LogP contribution in [0.25, 0.3) is 0 Å². The first-order valence-corrected chi connectivity index (χ1v) is 6.35. The van der Waals surface area contributed by atoms with Gasteiger partial charge in [-0.1, -0.05) is 37.6 Å². The van der Waals surface area contributed by atoms with E-state index in [1.54, 1.807) is 0 Å². The lowest BCUT2D eigenvalue weighted by molar-refractivity contribution is 0.0567. The maximum absolute atomic E-state index is 8.97. The van der Waals surface area contributed by atoms with Crippen molar-refractivity contribution in [2.75, 3.05) is 13.1 Å². The second kappa shape index (κ2) is 5.17. The lowest BCUT2D eigenvalue weighted by Crippen LogP contribution is -2.66. The molecule has 94 valence electrons. The van der Waals surface area contributed by atoms with Crippen molar-refractivity contribution in [3.05, 3.63) is 35.4 Å². The van der Waals surface area contributed by atoms with Gasteiger partial charge in [-0.25, -0.2) is 0 Å². The van der Waals surface area contributed by atoms with Crippen LogP contribution in [0, 0.1) is 0 Å². The van der Waals surface area contributed by atoms with Crippen LogP contribution in [0.15, 0.2) is 24.3 Å². The molecule has 1 aliphatic rings. The molecule has 0 aromatic heterocycles. The van der Waals surface area contributed by atoms with Crippen molar-refractivity contribution >= 4 is 0 Å². The molecule has 0 unspecified atom stereocenters. The van der Waals surface area contributed by atoms with E-state index in [2.05, 4.69) is 24.0 Å². The van der Waals surface area contributed by atoms with Crippen molar-refractivity contribution in [3.8, 4) is 0 Å². The first-order valence-electron chi connectivity index (χ1n) is 6.35. The van der Waals surface area contributed by atoms with Gasteiger partial charge in [-0.05, 0) is 17.5 Å². The van der Waals surface area contributed by atoms with E-state index >= 15 is 0 Å². The first kappa shape index (κ1) is 12.6. The van der Waals surface area contributed by atoms with E-state index < -0.39 is 0 Å². The molecule has 1 aromatic rings. The molecule has 0 saturated carbocycles. The number of hydrogen-bond donors (Lipinski definition) is 2. The summed E-state index contributed by atoms with van der Waals surface area (Å²) in [4.78, 5) is 2.38. The summed E-state index contributed by atoms with van der Waals surface area (Å²) >= 11 is 0. The number of nitrogens with two attached hydrogens (primary N) is 1. The molecule has 0 atom stereocenters. The van der Waals surface area contributed by atoms with Gasteiger partial charge in [0.15, 0.2) is 0 Å². The van der Waals surface area contributed by atoms with Gasteiger partial charge in [0.1, 0.15) is 0 Å². The molecule has 1 heterocycles. The highest BCUT2D eigenvalue weighted by molar-refractivity contribution is 5.22. The van der Waals surface area contributed by atoms with Crippen molar-refractivity contribution in [2.45, 2.75) is 38.5 Å². The van der Waals surface area contributed by atoms with Gasteiger partial charge in [-0.15, -0.1) is 0 Å². The Morgan fingerprint density at radius 2 is 1.82 bits per heavy atom. The number of hydrogen-bond acceptors (Lipinski definition) is 3. The predicted molar refractivity (Wildman–Crippen MR) is 69.5 cm³/mol. The normalized spacial score (nSPS) is 19.0. The third kappa shape index (κ3) is 3.06. The highest BCUT2D eigenvalue weighted by Gasteiger charge is 2.37. The van der Waals surface area contributed by atoms with Crippen molar-refractivity contribution in [2.24, 2.45) is 5.73 Å².